The summed E-state index contributed by atoms with van der Waals surface area (Å²) in [6, 6.07) is 3.79. The Bertz CT molecular complexity index is 828. The summed E-state index contributed by atoms with van der Waals surface area (Å²) < 4.78 is 1.67. The molecule has 26 heavy (non-hydrogen) atoms. The second-order valence-corrected chi connectivity index (χ2v) is 8.21. The minimum Gasteiger partial charge on any atom is -0.353 e. The van der Waals surface area contributed by atoms with Crippen molar-refractivity contribution < 1.29 is 4.79 Å². The Balaban J connectivity index is 1.77. The second-order valence-electron chi connectivity index (χ2n) is 7.27. The molecule has 140 valence electrons. The molecule has 0 atom stereocenters. The maximum atomic E-state index is 12.8. The molecule has 1 aliphatic rings. The average Bonchev–Trinajstić information content (AvgIpc) is 2.63. The summed E-state index contributed by atoms with van der Waals surface area (Å²) in [5, 5.41) is 4.19. The van der Waals surface area contributed by atoms with Gasteiger partial charge in [0.2, 0.25) is 5.91 Å². The van der Waals surface area contributed by atoms with E-state index in [0.717, 1.165) is 12.8 Å². The van der Waals surface area contributed by atoms with E-state index in [9.17, 15) is 9.59 Å². The molecule has 2 aromatic rings. The Hall–Kier alpha value is -1.89. The van der Waals surface area contributed by atoms with Crippen molar-refractivity contribution in [1.29, 1.82) is 0 Å². The fourth-order valence-electron chi connectivity index (χ4n) is 3.32. The van der Waals surface area contributed by atoms with Crippen LogP contribution in [0.4, 0.5) is 0 Å². The van der Waals surface area contributed by atoms with Crippen LogP contribution in [0.3, 0.4) is 0 Å². The van der Waals surface area contributed by atoms with Crippen LogP contribution >= 0.6 is 11.8 Å². The van der Waals surface area contributed by atoms with Crippen LogP contribution in [0.1, 0.15) is 46.0 Å². The zero-order valence-electron chi connectivity index (χ0n) is 15.4. The molecule has 0 saturated heterocycles. The molecular weight excluding hydrogens is 348 g/mol. The van der Waals surface area contributed by atoms with E-state index in [-0.39, 0.29) is 17.2 Å². The highest BCUT2D eigenvalue weighted by atomic mass is 32.2. The lowest BCUT2D eigenvalue weighted by atomic mass is 9.95. The van der Waals surface area contributed by atoms with Gasteiger partial charge < -0.3 is 5.32 Å². The molecule has 7 heteroatoms. The molecule has 0 unspecified atom stereocenters. The van der Waals surface area contributed by atoms with E-state index >= 15 is 0 Å². The number of thioether (sulfide) groups is 1. The SMILES string of the molecule is CC(C)Cn1c(SCC(=O)NC2CCCCC2)nc2ncccc2c1=O. The maximum Gasteiger partial charge on any atom is 0.263 e. The van der Waals surface area contributed by atoms with Crippen LogP contribution in [0, 0.1) is 5.92 Å². The molecule has 0 aliphatic heterocycles. The summed E-state index contributed by atoms with van der Waals surface area (Å²) in [5.41, 5.74) is 0.347. The van der Waals surface area contributed by atoms with Gasteiger partial charge in [0.1, 0.15) is 0 Å². The fraction of sp³-hybridized carbons (Fsp3) is 0.579. The Kier molecular flexibility index (Phi) is 6.29. The first kappa shape index (κ1) is 18.9. The number of amides is 1. The minimum absolute atomic E-state index is 0.00774. The third kappa shape index (κ3) is 4.63. The molecule has 1 fully saturated rings. The van der Waals surface area contributed by atoms with Crippen molar-refractivity contribution >= 4 is 28.7 Å². The Labute approximate surface area is 157 Å². The summed E-state index contributed by atoms with van der Waals surface area (Å²) in [5.74, 6) is 0.576. The molecular formula is C19H26N4O2S. The summed E-state index contributed by atoms with van der Waals surface area (Å²) in [6.07, 6.45) is 7.38. The Morgan fingerprint density at radius 2 is 2.12 bits per heavy atom. The maximum absolute atomic E-state index is 12.8. The van der Waals surface area contributed by atoms with E-state index in [1.807, 2.05) is 0 Å². The monoisotopic (exact) mass is 374 g/mol. The van der Waals surface area contributed by atoms with Crippen LogP contribution in [0.25, 0.3) is 11.0 Å². The van der Waals surface area contributed by atoms with Gasteiger partial charge in [-0.1, -0.05) is 44.9 Å². The third-order valence-corrected chi connectivity index (χ3v) is 5.52. The lowest BCUT2D eigenvalue weighted by molar-refractivity contribution is -0.119. The number of hydrogen-bond acceptors (Lipinski definition) is 5. The number of rotatable bonds is 6. The fourth-order valence-corrected chi connectivity index (χ4v) is 4.13. The van der Waals surface area contributed by atoms with Gasteiger partial charge >= 0.3 is 0 Å². The standard InChI is InChI=1S/C19H26N4O2S/c1-13(2)11-23-18(25)15-9-6-10-20-17(15)22-19(23)26-12-16(24)21-14-7-4-3-5-8-14/h6,9-10,13-14H,3-5,7-8,11-12H2,1-2H3,(H,21,24). The Morgan fingerprint density at radius 1 is 1.35 bits per heavy atom. The molecule has 6 nitrogen and oxygen atoms in total. The lowest BCUT2D eigenvalue weighted by Crippen LogP contribution is -2.37. The van der Waals surface area contributed by atoms with Gasteiger partial charge in [0.05, 0.1) is 11.1 Å². The van der Waals surface area contributed by atoms with Crippen molar-refractivity contribution in [3.63, 3.8) is 0 Å². The largest absolute Gasteiger partial charge is 0.353 e. The molecule has 1 amide bonds. The summed E-state index contributed by atoms with van der Waals surface area (Å²) >= 11 is 1.31. The summed E-state index contributed by atoms with van der Waals surface area (Å²) in [7, 11) is 0. The van der Waals surface area contributed by atoms with Gasteiger partial charge in [-0.2, -0.15) is 0 Å². The smallest absolute Gasteiger partial charge is 0.263 e. The van der Waals surface area contributed by atoms with E-state index in [4.69, 9.17) is 0 Å². The molecule has 1 aliphatic carbocycles. The van der Waals surface area contributed by atoms with Gasteiger partial charge in [-0.3, -0.25) is 14.2 Å². The highest BCUT2D eigenvalue weighted by molar-refractivity contribution is 7.99. The zero-order valence-corrected chi connectivity index (χ0v) is 16.2. The van der Waals surface area contributed by atoms with E-state index in [1.54, 1.807) is 22.9 Å². The summed E-state index contributed by atoms with van der Waals surface area (Å²) in [4.78, 5) is 33.9. The highest BCUT2D eigenvalue weighted by Gasteiger charge is 2.18. The number of nitrogens with zero attached hydrogens (tertiary/aromatic N) is 3. The van der Waals surface area contributed by atoms with Crippen molar-refractivity contribution in [3.8, 4) is 0 Å². The first-order valence-electron chi connectivity index (χ1n) is 9.32. The highest BCUT2D eigenvalue weighted by Crippen LogP contribution is 2.20. The lowest BCUT2D eigenvalue weighted by Gasteiger charge is -2.22. The van der Waals surface area contributed by atoms with Crippen molar-refractivity contribution in [3.05, 3.63) is 28.7 Å². The molecule has 0 spiro atoms. The minimum atomic E-state index is -0.0908. The van der Waals surface area contributed by atoms with Crippen LogP contribution in [0.5, 0.6) is 0 Å². The number of hydrogen-bond donors (Lipinski definition) is 1. The molecule has 3 rings (SSSR count). The molecule has 2 heterocycles. The average molecular weight is 375 g/mol. The Morgan fingerprint density at radius 3 is 2.85 bits per heavy atom. The molecule has 2 aromatic heterocycles. The first-order valence-corrected chi connectivity index (χ1v) is 10.3. The van der Waals surface area contributed by atoms with Gasteiger partial charge in [0.15, 0.2) is 10.8 Å². The number of carbonyl (C=O) groups is 1. The van der Waals surface area contributed by atoms with Crippen molar-refractivity contribution in [2.75, 3.05) is 5.75 Å². The number of carbonyl (C=O) groups excluding carboxylic acids is 1. The molecule has 0 aromatic carbocycles. The molecule has 0 radical (unpaired) electrons. The van der Waals surface area contributed by atoms with Crippen LogP contribution in [-0.4, -0.2) is 32.2 Å². The quantitative estimate of drug-likeness (QED) is 0.621. The molecule has 0 bridgehead atoms. The predicted molar refractivity (Wildman–Crippen MR) is 104 cm³/mol. The topological polar surface area (TPSA) is 76.9 Å². The number of fused-ring (bicyclic) bond motifs is 1. The summed E-state index contributed by atoms with van der Waals surface area (Å²) in [6.45, 7) is 4.69. The van der Waals surface area contributed by atoms with Gasteiger partial charge in [0.25, 0.3) is 5.56 Å². The van der Waals surface area contributed by atoms with Crippen molar-refractivity contribution in [2.45, 2.75) is 63.7 Å². The van der Waals surface area contributed by atoms with Gasteiger partial charge in [-0.15, -0.1) is 0 Å². The number of aromatic nitrogens is 3. The van der Waals surface area contributed by atoms with Crippen LogP contribution < -0.4 is 10.9 Å². The predicted octanol–water partition coefficient (Wildman–Crippen LogP) is 2.99. The van der Waals surface area contributed by atoms with Crippen LogP contribution in [-0.2, 0) is 11.3 Å². The second kappa shape index (κ2) is 8.66. The number of pyridine rings is 1. The van der Waals surface area contributed by atoms with E-state index < -0.39 is 0 Å². The van der Waals surface area contributed by atoms with Crippen molar-refractivity contribution in [2.24, 2.45) is 5.92 Å². The zero-order chi connectivity index (χ0) is 18.5. The first-order chi connectivity index (χ1) is 12.5. The molecule has 1 N–H and O–H groups in total. The van der Waals surface area contributed by atoms with Gasteiger partial charge in [-0.05, 0) is 30.9 Å². The normalized spacial score (nSPS) is 15.5. The molecule has 1 saturated carbocycles. The van der Waals surface area contributed by atoms with Crippen LogP contribution in [0.15, 0.2) is 28.3 Å². The van der Waals surface area contributed by atoms with Crippen LogP contribution in [0.2, 0.25) is 0 Å². The van der Waals surface area contributed by atoms with E-state index in [1.165, 1.54) is 31.0 Å². The van der Waals surface area contributed by atoms with Gasteiger partial charge in [-0.25, -0.2) is 9.97 Å². The van der Waals surface area contributed by atoms with Gasteiger partial charge in [0, 0.05) is 18.8 Å². The van der Waals surface area contributed by atoms with E-state index in [0.29, 0.717) is 34.7 Å². The van der Waals surface area contributed by atoms with Crippen molar-refractivity contribution in [1.82, 2.24) is 19.9 Å². The third-order valence-electron chi connectivity index (χ3n) is 4.55. The number of nitrogens with one attached hydrogen (secondary N) is 1. The van der Waals surface area contributed by atoms with E-state index in [2.05, 4.69) is 29.1 Å².